The molecule has 0 spiro atoms. The molecule has 26 heavy (non-hydrogen) atoms. The molecular formula is C19H28N4O3. The van der Waals surface area contributed by atoms with Crippen molar-refractivity contribution in [2.45, 2.75) is 25.4 Å². The predicted octanol–water partition coefficient (Wildman–Crippen LogP) is 1.52. The van der Waals surface area contributed by atoms with Crippen molar-refractivity contribution in [2.75, 3.05) is 51.2 Å². The number of rotatable bonds is 6. The number of carbonyl (C=O) groups is 2. The first kappa shape index (κ1) is 18.7. The highest BCUT2D eigenvalue weighted by Crippen LogP contribution is 2.14. The minimum absolute atomic E-state index is 0.0989. The number of nitrogens with one attached hydrogen (secondary N) is 2. The maximum atomic E-state index is 12.3. The minimum Gasteiger partial charge on any atom is -0.377 e. The Bertz CT molecular complexity index is 582. The van der Waals surface area contributed by atoms with Gasteiger partial charge in [-0.25, -0.2) is 4.79 Å². The smallest absolute Gasteiger partial charge is 0.319 e. The van der Waals surface area contributed by atoms with Crippen molar-refractivity contribution in [3.63, 3.8) is 0 Å². The highest BCUT2D eigenvalue weighted by atomic mass is 16.5. The van der Waals surface area contributed by atoms with E-state index in [0.29, 0.717) is 19.1 Å². The molecule has 0 radical (unpaired) electrons. The van der Waals surface area contributed by atoms with E-state index in [1.807, 2.05) is 35.2 Å². The summed E-state index contributed by atoms with van der Waals surface area (Å²) >= 11 is 0. The molecule has 2 aliphatic rings. The molecule has 0 saturated carbocycles. The molecule has 3 rings (SSSR count). The number of amides is 3. The second kappa shape index (κ2) is 9.54. The van der Waals surface area contributed by atoms with E-state index < -0.39 is 0 Å². The summed E-state index contributed by atoms with van der Waals surface area (Å²) in [5.41, 5.74) is 0.735. The van der Waals surface area contributed by atoms with Crippen molar-refractivity contribution >= 4 is 17.6 Å². The molecule has 0 aromatic heterocycles. The number of benzene rings is 1. The van der Waals surface area contributed by atoms with Crippen molar-refractivity contribution in [3.05, 3.63) is 30.3 Å². The van der Waals surface area contributed by atoms with Gasteiger partial charge < -0.3 is 20.3 Å². The Kier molecular flexibility index (Phi) is 6.85. The molecule has 1 aromatic carbocycles. The number of anilines is 1. The van der Waals surface area contributed by atoms with Gasteiger partial charge in [0.15, 0.2) is 0 Å². The molecule has 0 bridgehead atoms. The first-order valence-electron chi connectivity index (χ1n) is 9.42. The average Bonchev–Trinajstić information content (AvgIpc) is 3.16. The minimum atomic E-state index is -0.287. The van der Waals surface area contributed by atoms with Gasteiger partial charge >= 0.3 is 6.03 Å². The van der Waals surface area contributed by atoms with E-state index in [9.17, 15) is 9.59 Å². The number of hydrogen-bond acceptors (Lipinski definition) is 4. The molecular weight excluding hydrogens is 332 g/mol. The van der Waals surface area contributed by atoms with Crippen LogP contribution in [0.2, 0.25) is 0 Å². The van der Waals surface area contributed by atoms with Crippen LogP contribution in [0.3, 0.4) is 0 Å². The molecule has 7 nitrogen and oxygen atoms in total. The SMILES string of the molecule is O=C(NCCC(=O)N1CCN(CC2CCCO2)CC1)Nc1ccccc1. The number of nitrogens with zero attached hydrogens (tertiary/aromatic N) is 2. The monoisotopic (exact) mass is 360 g/mol. The van der Waals surface area contributed by atoms with Gasteiger partial charge in [-0.05, 0) is 25.0 Å². The molecule has 1 unspecified atom stereocenters. The second-order valence-corrected chi connectivity index (χ2v) is 6.81. The topological polar surface area (TPSA) is 73.9 Å². The molecule has 2 saturated heterocycles. The van der Waals surface area contributed by atoms with E-state index in [2.05, 4.69) is 15.5 Å². The maximum Gasteiger partial charge on any atom is 0.319 e. The highest BCUT2D eigenvalue weighted by molar-refractivity contribution is 5.89. The Morgan fingerprint density at radius 1 is 1.12 bits per heavy atom. The van der Waals surface area contributed by atoms with E-state index >= 15 is 0 Å². The third-order valence-corrected chi connectivity index (χ3v) is 4.87. The van der Waals surface area contributed by atoms with E-state index in [0.717, 1.165) is 57.9 Å². The third kappa shape index (κ3) is 5.71. The summed E-state index contributed by atoms with van der Waals surface area (Å²) in [5, 5.41) is 5.48. The van der Waals surface area contributed by atoms with E-state index in [1.54, 1.807) is 0 Å². The molecule has 2 fully saturated rings. The van der Waals surface area contributed by atoms with Crippen LogP contribution in [0, 0.1) is 0 Å². The van der Waals surface area contributed by atoms with Gasteiger partial charge in [0.2, 0.25) is 5.91 Å². The fourth-order valence-corrected chi connectivity index (χ4v) is 3.39. The number of piperazine rings is 1. The lowest BCUT2D eigenvalue weighted by atomic mass is 10.2. The lowest BCUT2D eigenvalue weighted by Gasteiger charge is -2.35. The Morgan fingerprint density at radius 3 is 2.58 bits per heavy atom. The zero-order valence-corrected chi connectivity index (χ0v) is 15.2. The van der Waals surface area contributed by atoms with Gasteiger partial charge in [-0.2, -0.15) is 0 Å². The van der Waals surface area contributed by atoms with Crippen LogP contribution in [0.5, 0.6) is 0 Å². The molecule has 1 aromatic rings. The Balaban J connectivity index is 1.29. The summed E-state index contributed by atoms with van der Waals surface area (Å²) in [6, 6.07) is 8.96. The molecule has 2 heterocycles. The summed E-state index contributed by atoms with van der Waals surface area (Å²) < 4.78 is 5.68. The van der Waals surface area contributed by atoms with Crippen LogP contribution >= 0.6 is 0 Å². The normalized spacial score (nSPS) is 20.8. The van der Waals surface area contributed by atoms with Crippen LogP contribution in [-0.4, -0.2) is 73.7 Å². The van der Waals surface area contributed by atoms with E-state index in [4.69, 9.17) is 4.74 Å². The van der Waals surface area contributed by atoms with Gasteiger partial charge in [0.1, 0.15) is 0 Å². The Labute approximate surface area is 154 Å². The Hall–Kier alpha value is -2.12. The highest BCUT2D eigenvalue weighted by Gasteiger charge is 2.24. The van der Waals surface area contributed by atoms with Crippen molar-refractivity contribution in [3.8, 4) is 0 Å². The van der Waals surface area contributed by atoms with Crippen LogP contribution in [-0.2, 0) is 9.53 Å². The largest absolute Gasteiger partial charge is 0.377 e. The quantitative estimate of drug-likeness (QED) is 0.807. The fraction of sp³-hybridized carbons (Fsp3) is 0.579. The van der Waals surface area contributed by atoms with Crippen LogP contribution in [0.25, 0.3) is 0 Å². The zero-order valence-electron chi connectivity index (χ0n) is 15.2. The predicted molar refractivity (Wildman–Crippen MR) is 100 cm³/mol. The summed E-state index contributed by atoms with van der Waals surface area (Å²) in [7, 11) is 0. The molecule has 1 atom stereocenters. The molecule has 0 aliphatic carbocycles. The lowest BCUT2D eigenvalue weighted by Crippen LogP contribution is -2.50. The summed E-state index contributed by atoms with van der Waals surface area (Å²) in [4.78, 5) is 28.4. The maximum absolute atomic E-state index is 12.3. The molecule has 2 aliphatic heterocycles. The van der Waals surface area contributed by atoms with E-state index in [-0.39, 0.29) is 11.9 Å². The van der Waals surface area contributed by atoms with Crippen molar-refractivity contribution in [1.29, 1.82) is 0 Å². The van der Waals surface area contributed by atoms with Crippen molar-refractivity contribution in [1.82, 2.24) is 15.1 Å². The Morgan fingerprint density at radius 2 is 1.88 bits per heavy atom. The van der Waals surface area contributed by atoms with Crippen LogP contribution in [0.4, 0.5) is 10.5 Å². The number of ether oxygens (including phenoxy) is 1. The molecule has 3 amide bonds. The van der Waals surface area contributed by atoms with Crippen LogP contribution in [0.15, 0.2) is 30.3 Å². The number of hydrogen-bond donors (Lipinski definition) is 2. The van der Waals surface area contributed by atoms with Gasteiger partial charge in [-0.1, -0.05) is 18.2 Å². The molecule has 7 heteroatoms. The van der Waals surface area contributed by atoms with Crippen molar-refractivity contribution < 1.29 is 14.3 Å². The molecule has 142 valence electrons. The number of para-hydroxylation sites is 1. The fourth-order valence-electron chi connectivity index (χ4n) is 3.39. The first-order valence-corrected chi connectivity index (χ1v) is 9.42. The van der Waals surface area contributed by atoms with Gasteiger partial charge in [0.25, 0.3) is 0 Å². The summed E-state index contributed by atoms with van der Waals surface area (Å²) in [6.45, 7) is 5.50. The van der Waals surface area contributed by atoms with Crippen LogP contribution < -0.4 is 10.6 Å². The summed E-state index contributed by atoms with van der Waals surface area (Å²) in [6.07, 6.45) is 3.00. The number of urea groups is 1. The second-order valence-electron chi connectivity index (χ2n) is 6.81. The average molecular weight is 360 g/mol. The van der Waals surface area contributed by atoms with Gasteiger partial charge in [-0.3, -0.25) is 9.69 Å². The lowest BCUT2D eigenvalue weighted by molar-refractivity contribution is -0.132. The zero-order chi connectivity index (χ0) is 18.2. The number of carbonyl (C=O) groups excluding carboxylic acids is 2. The van der Waals surface area contributed by atoms with Gasteiger partial charge in [0.05, 0.1) is 6.10 Å². The summed E-state index contributed by atoms with van der Waals surface area (Å²) in [5.74, 6) is 0.0989. The van der Waals surface area contributed by atoms with Crippen LogP contribution in [0.1, 0.15) is 19.3 Å². The standard InChI is InChI=1S/C19H28N4O3/c24-18(8-9-20-19(25)21-16-5-2-1-3-6-16)23-12-10-22(11-13-23)15-17-7-4-14-26-17/h1-3,5-6,17H,4,7-15H2,(H2,20,21,25). The van der Waals surface area contributed by atoms with Crippen molar-refractivity contribution in [2.24, 2.45) is 0 Å². The van der Waals surface area contributed by atoms with Gasteiger partial charge in [-0.15, -0.1) is 0 Å². The van der Waals surface area contributed by atoms with Gasteiger partial charge in [0, 0.05) is 58.0 Å². The first-order chi connectivity index (χ1) is 12.7. The van der Waals surface area contributed by atoms with E-state index in [1.165, 1.54) is 0 Å². The third-order valence-electron chi connectivity index (χ3n) is 4.87. The molecule has 2 N–H and O–H groups in total.